The molecule has 0 radical (unpaired) electrons. The summed E-state index contributed by atoms with van der Waals surface area (Å²) >= 11 is 1.38. The van der Waals surface area contributed by atoms with Gasteiger partial charge in [-0.25, -0.2) is 0 Å². The number of amides is 1. The van der Waals surface area contributed by atoms with Gasteiger partial charge in [-0.15, -0.1) is 10.2 Å². The average Bonchev–Trinajstić information content (AvgIpc) is 2.77. The van der Waals surface area contributed by atoms with Gasteiger partial charge < -0.3 is 5.73 Å². The Morgan fingerprint density at radius 3 is 2.63 bits per heavy atom. The molecule has 0 aliphatic rings. The summed E-state index contributed by atoms with van der Waals surface area (Å²) in [5.74, 6) is -0.232. The zero-order valence-electron chi connectivity index (χ0n) is 11.1. The van der Waals surface area contributed by atoms with Crippen LogP contribution in [0.25, 0.3) is 0 Å². The Balaban J connectivity index is 2.13. The second kappa shape index (κ2) is 4.97. The zero-order valence-corrected chi connectivity index (χ0v) is 11.9. The number of nitrogens with two attached hydrogens (primary N) is 1. The summed E-state index contributed by atoms with van der Waals surface area (Å²) in [6, 6.07) is 6.81. The average molecular weight is 276 g/mol. The molecule has 0 saturated heterocycles. The van der Waals surface area contributed by atoms with Crippen LogP contribution in [0.4, 0.5) is 10.8 Å². The highest BCUT2D eigenvalue weighted by Gasteiger charge is 2.20. The lowest BCUT2D eigenvalue weighted by atomic mass is 9.98. The molecule has 1 amide bonds. The minimum atomic E-state index is -0.232. The number of nitrogen functional groups attached to an aromatic ring is 1. The first-order chi connectivity index (χ1) is 8.86. The van der Waals surface area contributed by atoms with Gasteiger partial charge in [-0.3, -0.25) is 10.1 Å². The predicted octanol–water partition coefficient (Wildman–Crippen LogP) is 2.67. The summed E-state index contributed by atoms with van der Waals surface area (Å²) < 4.78 is 0. The molecular weight excluding hydrogens is 260 g/mol. The Morgan fingerprint density at radius 2 is 2.05 bits per heavy atom. The molecule has 0 fully saturated rings. The van der Waals surface area contributed by atoms with Crippen LogP contribution in [0.2, 0.25) is 0 Å². The third kappa shape index (κ3) is 3.29. The van der Waals surface area contributed by atoms with Crippen LogP contribution in [-0.4, -0.2) is 16.1 Å². The maximum absolute atomic E-state index is 12.0. The Bertz CT molecular complexity index is 601. The highest BCUT2D eigenvalue weighted by Crippen LogP contribution is 2.27. The molecule has 0 aliphatic heterocycles. The molecule has 6 heteroatoms. The Labute approximate surface area is 115 Å². The van der Waals surface area contributed by atoms with Crippen molar-refractivity contribution in [3.8, 4) is 0 Å². The molecule has 3 N–H and O–H groups in total. The monoisotopic (exact) mass is 276 g/mol. The van der Waals surface area contributed by atoms with Crippen LogP contribution in [0.3, 0.4) is 0 Å². The van der Waals surface area contributed by atoms with E-state index in [2.05, 4.69) is 36.3 Å². The number of aromatic nitrogens is 2. The smallest absolute Gasteiger partial charge is 0.257 e. The molecule has 1 aromatic carbocycles. The number of nitrogens with one attached hydrogen (secondary N) is 1. The molecule has 19 heavy (non-hydrogen) atoms. The van der Waals surface area contributed by atoms with E-state index in [9.17, 15) is 4.79 Å². The first-order valence-corrected chi connectivity index (χ1v) is 6.69. The number of carbonyl (C=O) groups excluding carboxylic acids is 1. The van der Waals surface area contributed by atoms with Gasteiger partial charge in [0.25, 0.3) is 5.91 Å². The number of rotatable bonds is 2. The van der Waals surface area contributed by atoms with Crippen molar-refractivity contribution in [1.82, 2.24) is 10.2 Å². The Morgan fingerprint density at radius 1 is 1.32 bits per heavy atom. The van der Waals surface area contributed by atoms with E-state index in [4.69, 9.17) is 5.73 Å². The van der Waals surface area contributed by atoms with Crippen molar-refractivity contribution in [2.24, 2.45) is 0 Å². The van der Waals surface area contributed by atoms with Gasteiger partial charge in [0.15, 0.2) is 0 Å². The fourth-order valence-electron chi connectivity index (χ4n) is 1.43. The molecule has 2 rings (SSSR count). The minimum absolute atomic E-state index is 0.0716. The van der Waals surface area contributed by atoms with Crippen LogP contribution < -0.4 is 11.1 Å². The van der Waals surface area contributed by atoms with Gasteiger partial charge in [0.05, 0.1) is 0 Å². The van der Waals surface area contributed by atoms with Gasteiger partial charge in [0, 0.05) is 16.7 Å². The third-order valence-corrected chi connectivity index (χ3v) is 3.70. The second-order valence-electron chi connectivity index (χ2n) is 5.24. The largest absolute Gasteiger partial charge is 0.399 e. The van der Waals surface area contributed by atoms with Crippen LogP contribution in [0.5, 0.6) is 0 Å². The number of hydrogen-bond donors (Lipinski definition) is 2. The second-order valence-corrected chi connectivity index (χ2v) is 6.22. The van der Waals surface area contributed by atoms with Crippen LogP contribution in [0.15, 0.2) is 24.3 Å². The lowest BCUT2D eigenvalue weighted by molar-refractivity contribution is 0.102. The van der Waals surface area contributed by atoms with Crippen molar-refractivity contribution in [2.45, 2.75) is 26.2 Å². The van der Waals surface area contributed by atoms with Gasteiger partial charge in [-0.05, 0) is 18.2 Å². The van der Waals surface area contributed by atoms with Crippen LogP contribution in [0.1, 0.15) is 36.1 Å². The lowest BCUT2D eigenvalue weighted by Gasteiger charge is -2.12. The topological polar surface area (TPSA) is 80.9 Å². The van der Waals surface area contributed by atoms with Crippen molar-refractivity contribution < 1.29 is 4.79 Å². The molecule has 1 heterocycles. The van der Waals surface area contributed by atoms with Crippen molar-refractivity contribution in [3.05, 3.63) is 34.8 Å². The molecule has 5 nitrogen and oxygen atoms in total. The molecule has 0 spiro atoms. The normalized spacial score (nSPS) is 11.3. The van der Waals surface area contributed by atoms with Gasteiger partial charge >= 0.3 is 0 Å². The quantitative estimate of drug-likeness (QED) is 0.826. The standard InChI is InChI=1S/C13H16N4OS/c1-13(2,3)11-16-17-12(19-11)15-10(18)8-5-4-6-9(14)7-8/h4-7H,14H2,1-3H3,(H,15,17,18). The van der Waals surface area contributed by atoms with Crippen LogP contribution >= 0.6 is 11.3 Å². The Kier molecular flexibility index (Phi) is 3.53. The van der Waals surface area contributed by atoms with E-state index in [0.29, 0.717) is 16.4 Å². The van der Waals surface area contributed by atoms with E-state index >= 15 is 0 Å². The van der Waals surface area contributed by atoms with Crippen molar-refractivity contribution >= 4 is 28.1 Å². The first-order valence-electron chi connectivity index (χ1n) is 5.87. The number of benzene rings is 1. The van der Waals surface area contributed by atoms with Crippen molar-refractivity contribution in [1.29, 1.82) is 0 Å². The summed E-state index contributed by atoms with van der Waals surface area (Å²) in [6.45, 7) is 6.16. The van der Waals surface area contributed by atoms with E-state index in [1.54, 1.807) is 24.3 Å². The fourth-order valence-corrected chi connectivity index (χ4v) is 2.22. The molecule has 0 unspecified atom stereocenters. The maximum Gasteiger partial charge on any atom is 0.257 e. The summed E-state index contributed by atoms with van der Waals surface area (Å²) in [5.41, 5.74) is 6.64. The summed E-state index contributed by atoms with van der Waals surface area (Å²) in [4.78, 5) is 12.0. The van der Waals surface area contributed by atoms with E-state index in [1.807, 2.05) is 0 Å². The zero-order chi connectivity index (χ0) is 14.0. The predicted molar refractivity (Wildman–Crippen MR) is 77.4 cm³/mol. The van der Waals surface area contributed by atoms with Crippen molar-refractivity contribution in [3.63, 3.8) is 0 Å². The third-order valence-electron chi connectivity index (χ3n) is 2.44. The molecule has 1 aromatic heterocycles. The lowest BCUT2D eigenvalue weighted by Crippen LogP contribution is -2.11. The molecule has 0 saturated carbocycles. The van der Waals surface area contributed by atoms with E-state index < -0.39 is 0 Å². The molecule has 100 valence electrons. The minimum Gasteiger partial charge on any atom is -0.399 e. The first kappa shape index (κ1) is 13.5. The Hall–Kier alpha value is -1.95. The molecular formula is C13H16N4OS. The molecule has 0 bridgehead atoms. The number of nitrogens with zero attached hydrogens (tertiary/aromatic N) is 2. The van der Waals surface area contributed by atoms with E-state index in [-0.39, 0.29) is 11.3 Å². The highest BCUT2D eigenvalue weighted by atomic mass is 32.1. The molecule has 0 aliphatic carbocycles. The van der Waals surface area contributed by atoms with Gasteiger partial charge in [-0.2, -0.15) is 0 Å². The summed E-state index contributed by atoms with van der Waals surface area (Å²) in [5, 5.41) is 12.2. The van der Waals surface area contributed by atoms with E-state index in [1.165, 1.54) is 11.3 Å². The highest BCUT2D eigenvalue weighted by molar-refractivity contribution is 7.15. The number of carbonyl (C=O) groups is 1. The van der Waals surface area contributed by atoms with Crippen molar-refractivity contribution in [2.75, 3.05) is 11.1 Å². The van der Waals surface area contributed by atoms with Crippen LogP contribution in [-0.2, 0) is 5.41 Å². The number of hydrogen-bond acceptors (Lipinski definition) is 5. The molecule has 2 aromatic rings. The van der Waals surface area contributed by atoms with E-state index in [0.717, 1.165) is 5.01 Å². The number of anilines is 2. The van der Waals surface area contributed by atoms with Gasteiger partial charge in [0.1, 0.15) is 5.01 Å². The van der Waals surface area contributed by atoms with Gasteiger partial charge in [0.2, 0.25) is 5.13 Å². The molecule has 0 atom stereocenters. The van der Waals surface area contributed by atoms with Crippen LogP contribution in [0, 0.1) is 0 Å². The van der Waals surface area contributed by atoms with Gasteiger partial charge in [-0.1, -0.05) is 38.2 Å². The summed E-state index contributed by atoms with van der Waals surface area (Å²) in [6.07, 6.45) is 0. The fraction of sp³-hybridized carbons (Fsp3) is 0.308. The summed E-state index contributed by atoms with van der Waals surface area (Å²) in [7, 11) is 0. The maximum atomic E-state index is 12.0. The SMILES string of the molecule is CC(C)(C)c1nnc(NC(=O)c2cccc(N)c2)s1.